The first-order valence-corrected chi connectivity index (χ1v) is 13.0. The summed E-state index contributed by atoms with van der Waals surface area (Å²) in [5.74, 6) is 2.13. The van der Waals surface area contributed by atoms with Crippen LogP contribution in [-0.4, -0.2) is 56.3 Å². The molecule has 0 aromatic heterocycles. The predicted octanol–water partition coefficient (Wildman–Crippen LogP) is 6.23. The maximum absolute atomic E-state index is 12.1. The van der Waals surface area contributed by atoms with Crippen molar-refractivity contribution in [3.63, 3.8) is 0 Å². The van der Waals surface area contributed by atoms with Gasteiger partial charge in [0.05, 0.1) is 0 Å². The normalized spacial score (nSPS) is 11.3. The molecule has 0 saturated carbocycles. The van der Waals surface area contributed by atoms with Crippen LogP contribution >= 0.6 is 16.2 Å². The van der Waals surface area contributed by atoms with Crippen molar-refractivity contribution in [2.45, 2.75) is 0 Å². The lowest BCUT2D eigenvalue weighted by Crippen LogP contribution is -2.30. The maximum atomic E-state index is 12.1. The maximum Gasteiger partial charge on any atom is 0.530 e. The lowest BCUT2D eigenvalue weighted by Gasteiger charge is -2.34. The first-order chi connectivity index (χ1) is 15.7. The Morgan fingerprint density at radius 3 is 0.939 bits per heavy atom. The summed E-state index contributed by atoms with van der Waals surface area (Å²) >= 11 is 0. The van der Waals surface area contributed by atoms with Gasteiger partial charge in [-0.2, -0.15) is 0 Å². The van der Waals surface area contributed by atoms with Crippen molar-refractivity contribution in [2.75, 3.05) is 42.3 Å². The molecule has 0 aliphatic carbocycles. The SMILES string of the molecule is CN(C)P(=O)(N(C)C)N(C)C.c1ccc(OP(Oc2ccccc2)Oc2ccccc2)cc1. The molecule has 0 aliphatic rings. The second-order valence-corrected chi connectivity index (χ2v) is 11.9. The second-order valence-electron chi connectivity index (χ2n) is 7.49. The quantitative estimate of drug-likeness (QED) is 0.330. The van der Waals surface area contributed by atoms with E-state index in [0.717, 1.165) is 0 Å². The highest BCUT2D eigenvalue weighted by Crippen LogP contribution is 2.50. The van der Waals surface area contributed by atoms with E-state index in [1.165, 1.54) is 0 Å². The summed E-state index contributed by atoms with van der Waals surface area (Å²) < 4.78 is 34.8. The van der Waals surface area contributed by atoms with Crippen LogP contribution in [0.25, 0.3) is 0 Å². The number of hydrogen-bond donors (Lipinski definition) is 0. The number of nitrogens with zero attached hydrogens (tertiary/aromatic N) is 3. The van der Waals surface area contributed by atoms with Crippen molar-refractivity contribution < 1.29 is 18.1 Å². The highest BCUT2D eigenvalue weighted by Gasteiger charge is 2.30. The van der Waals surface area contributed by atoms with E-state index >= 15 is 0 Å². The smallest absolute Gasteiger partial charge is 0.409 e. The highest BCUT2D eigenvalue weighted by molar-refractivity contribution is 7.56. The minimum Gasteiger partial charge on any atom is -0.409 e. The third-order valence-electron chi connectivity index (χ3n) is 4.33. The number of benzene rings is 3. The number of hydrogen-bond acceptors (Lipinski definition) is 4. The molecule has 0 atom stereocenters. The molecule has 0 spiro atoms. The molecule has 0 amide bonds. The van der Waals surface area contributed by atoms with Gasteiger partial charge in [-0.3, -0.25) is 4.57 Å². The van der Waals surface area contributed by atoms with E-state index in [1.54, 1.807) is 14.0 Å². The van der Waals surface area contributed by atoms with Crippen LogP contribution in [-0.2, 0) is 4.57 Å². The molecule has 3 rings (SSSR count). The first kappa shape index (κ1) is 26.8. The summed E-state index contributed by atoms with van der Waals surface area (Å²) in [5.41, 5.74) is 0. The van der Waals surface area contributed by atoms with Crippen LogP contribution in [0.3, 0.4) is 0 Å². The molecule has 0 bridgehead atoms. The van der Waals surface area contributed by atoms with Crippen LogP contribution in [0.2, 0.25) is 0 Å². The zero-order valence-electron chi connectivity index (χ0n) is 20.0. The van der Waals surface area contributed by atoms with E-state index in [2.05, 4.69) is 0 Å². The van der Waals surface area contributed by atoms with E-state index < -0.39 is 16.2 Å². The number of para-hydroxylation sites is 3. The molecular formula is C24H33N3O4P2. The van der Waals surface area contributed by atoms with E-state index in [1.807, 2.05) is 133 Å². The molecular weight excluding hydrogens is 456 g/mol. The Kier molecular flexibility index (Phi) is 10.9. The zero-order chi connectivity index (χ0) is 24.3. The molecule has 0 saturated heterocycles. The lowest BCUT2D eigenvalue weighted by molar-refractivity contribution is 0.383. The van der Waals surface area contributed by atoms with Crippen LogP contribution in [0.5, 0.6) is 17.2 Å². The summed E-state index contributed by atoms with van der Waals surface area (Å²) in [4.78, 5) is 0. The van der Waals surface area contributed by atoms with Crippen molar-refractivity contribution in [3.8, 4) is 17.2 Å². The van der Waals surface area contributed by atoms with Gasteiger partial charge in [0.2, 0.25) is 0 Å². The summed E-state index contributed by atoms with van der Waals surface area (Å²) in [6, 6.07) is 28.5. The topological polar surface area (TPSA) is 54.5 Å². The molecule has 3 aromatic rings. The molecule has 9 heteroatoms. The minimum absolute atomic E-state index is 0.709. The second kappa shape index (κ2) is 13.3. The molecule has 0 unspecified atom stereocenters. The van der Waals surface area contributed by atoms with Crippen LogP contribution in [0, 0.1) is 0 Å². The van der Waals surface area contributed by atoms with Gasteiger partial charge in [-0.05, 0) is 78.7 Å². The van der Waals surface area contributed by atoms with Crippen molar-refractivity contribution in [1.29, 1.82) is 0 Å². The van der Waals surface area contributed by atoms with Gasteiger partial charge in [-0.15, -0.1) is 0 Å². The van der Waals surface area contributed by atoms with Gasteiger partial charge < -0.3 is 13.6 Å². The van der Waals surface area contributed by atoms with Gasteiger partial charge in [-0.25, -0.2) is 14.0 Å². The molecule has 3 aromatic carbocycles. The van der Waals surface area contributed by atoms with Crippen LogP contribution in [0.15, 0.2) is 91.0 Å². The van der Waals surface area contributed by atoms with Crippen molar-refractivity contribution >= 4 is 16.2 Å². The predicted molar refractivity (Wildman–Crippen MR) is 137 cm³/mol. The van der Waals surface area contributed by atoms with Crippen LogP contribution in [0.1, 0.15) is 0 Å². The fourth-order valence-electron chi connectivity index (χ4n) is 2.83. The van der Waals surface area contributed by atoms with Gasteiger partial charge in [0.15, 0.2) is 0 Å². The van der Waals surface area contributed by atoms with Crippen molar-refractivity contribution in [1.82, 2.24) is 14.0 Å². The van der Waals surface area contributed by atoms with Gasteiger partial charge in [0.1, 0.15) is 17.2 Å². The van der Waals surface area contributed by atoms with E-state index in [0.29, 0.717) is 17.2 Å². The average molecular weight is 489 g/mol. The summed E-state index contributed by atoms with van der Waals surface area (Å²) in [7, 11) is 6.90. The largest absolute Gasteiger partial charge is 0.530 e. The Bertz CT molecular complexity index is 848. The molecule has 178 valence electrons. The standard InChI is InChI=1S/C18H15O3P.C6H18N3OP/c1-4-10-16(11-5-1)19-22(20-17-12-6-2-7-13-17)21-18-14-8-3-9-15-18;1-7(2)11(10,8(3)4)9(5)6/h1-15H;1-6H3. The Balaban J connectivity index is 0.000000299. The Morgan fingerprint density at radius 1 is 0.515 bits per heavy atom. The monoisotopic (exact) mass is 489 g/mol. The minimum atomic E-state index is -2.44. The summed E-state index contributed by atoms with van der Waals surface area (Å²) in [5, 5.41) is 0. The zero-order valence-corrected chi connectivity index (χ0v) is 21.8. The van der Waals surface area contributed by atoms with Gasteiger partial charge in [0.25, 0.3) is 7.59 Å². The Hall–Kier alpha value is -2.40. The highest BCUT2D eigenvalue weighted by atomic mass is 31.2. The molecule has 0 heterocycles. The average Bonchev–Trinajstić information content (AvgIpc) is 2.80. The molecule has 0 fully saturated rings. The van der Waals surface area contributed by atoms with Gasteiger partial charge in [0, 0.05) is 0 Å². The molecule has 0 radical (unpaired) electrons. The van der Waals surface area contributed by atoms with E-state index in [-0.39, 0.29) is 0 Å². The molecule has 0 aliphatic heterocycles. The summed E-state index contributed by atoms with van der Waals surface area (Å²) in [6.45, 7) is 0. The van der Waals surface area contributed by atoms with Crippen molar-refractivity contribution in [2.24, 2.45) is 0 Å². The fourth-order valence-corrected chi connectivity index (χ4v) is 5.97. The summed E-state index contributed by atoms with van der Waals surface area (Å²) in [6.07, 6.45) is 0. The number of rotatable bonds is 9. The van der Waals surface area contributed by atoms with E-state index in [4.69, 9.17) is 13.6 Å². The first-order valence-electron chi connectivity index (χ1n) is 10.4. The molecule has 0 N–H and O–H groups in total. The van der Waals surface area contributed by atoms with E-state index in [9.17, 15) is 4.57 Å². The third kappa shape index (κ3) is 8.47. The van der Waals surface area contributed by atoms with Crippen LogP contribution < -0.4 is 13.6 Å². The van der Waals surface area contributed by atoms with Gasteiger partial charge in [-0.1, -0.05) is 54.6 Å². The van der Waals surface area contributed by atoms with Crippen molar-refractivity contribution in [3.05, 3.63) is 91.0 Å². The molecule has 33 heavy (non-hydrogen) atoms. The Labute approximate surface area is 199 Å². The van der Waals surface area contributed by atoms with Gasteiger partial charge >= 0.3 is 8.60 Å². The van der Waals surface area contributed by atoms with Crippen LogP contribution in [0.4, 0.5) is 0 Å². The molecule has 7 nitrogen and oxygen atoms in total. The fraction of sp³-hybridized carbons (Fsp3) is 0.250. The Morgan fingerprint density at radius 2 is 0.758 bits per heavy atom. The third-order valence-corrected chi connectivity index (χ3v) is 8.54. The lowest BCUT2D eigenvalue weighted by atomic mass is 10.3.